The number of nitro benzene ring substituents is 1. The van der Waals surface area contributed by atoms with E-state index < -0.39 is 0 Å². The van der Waals surface area contributed by atoms with Gasteiger partial charge < -0.3 is 4.57 Å². The van der Waals surface area contributed by atoms with Crippen LogP contribution in [0.1, 0.15) is 12.0 Å². The Morgan fingerprint density at radius 1 is 1.41 bits per heavy atom. The summed E-state index contributed by atoms with van der Waals surface area (Å²) >= 11 is 0. The Kier molecular flexibility index (Phi) is 2.18. The van der Waals surface area contributed by atoms with Crippen LogP contribution >= 0.6 is 0 Å². The summed E-state index contributed by atoms with van der Waals surface area (Å²) in [6.45, 7) is 0.914. The van der Waals surface area contributed by atoms with Gasteiger partial charge in [0.15, 0.2) is 0 Å². The molecule has 0 atom stereocenters. The predicted molar refractivity (Wildman–Crippen MR) is 62.6 cm³/mol. The largest absolute Gasteiger partial charge is 0.331 e. The molecule has 1 aliphatic rings. The molecule has 2 aromatic rings. The van der Waals surface area contributed by atoms with Gasteiger partial charge in [0, 0.05) is 36.6 Å². The summed E-state index contributed by atoms with van der Waals surface area (Å²) in [5, 5.41) is 10.8. The molecule has 0 saturated carbocycles. The lowest BCUT2D eigenvalue weighted by Crippen LogP contribution is -1.96. The minimum absolute atomic E-state index is 0.125. The predicted octanol–water partition coefficient (Wildman–Crippen LogP) is 2.40. The lowest BCUT2D eigenvalue weighted by atomic mass is 10.0. The van der Waals surface area contributed by atoms with Crippen molar-refractivity contribution in [3.05, 3.63) is 46.3 Å². The zero-order valence-corrected chi connectivity index (χ0v) is 9.17. The topological polar surface area (TPSA) is 61.0 Å². The summed E-state index contributed by atoms with van der Waals surface area (Å²) in [5.41, 5.74) is 2.16. The Labute approximate surface area is 97.9 Å². The summed E-state index contributed by atoms with van der Waals surface area (Å²) < 4.78 is 2.05. The second-order valence-electron chi connectivity index (χ2n) is 4.15. The molecular weight excluding hydrogens is 218 g/mol. The molecule has 0 radical (unpaired) electrons. The maximum Gasteiger partial charge on any atom is 0.270 e. The number of rotatable bonds is 1. The molecule has 1 aliphatic heterocycles. The van der Waals surface area contributed by atoms with Crippen molar-refractivity contribution in [2.24, 2.45) is 0 Å². The molecular formula is C12H11N3O2. The Balaban J connectivity index is 2.22. The van der Waals surface area contributed by atoms with E-state index in [0.717, 1.165) is 36.3 Å². The van der Waals surface area contributed by atoms with E-state index in [0.29, 0.717) is 0 Å². The van der Waals surface area contributed by atoms with Crippen LogP contribution in [0.2, 0.25) is 0 Å². The molecule has 0 fully saturated rings. The first-order valence-electron chi connectivity index (χ1n) is 5.54. The van der Waals surface area contributed by atoms with Gasteiger partial charge in [-0.25, -0.2) is 4.98 Å². The monoisotopic (exact) mass is 229 g/mol. The second kappa shape index (κ2) is 3.69. The molecule has 1 aromatic carbocycles. The van der Waals surface area contributed by atoms with Crippen molar-refractivity contribution >= 4 is 5.69 Å². The molecule has 0 aliphatic carbocycles. The van der Waals surface area contributed by atoms with E-state index in [-0.39, 0.29) is 10.6 Å². The highest BCUT2D eigenvalue weighted by Gasteiger charge is 2.18. The average Bonchev–Trinajstić information content (AvgIpc) is 2.71. The van der Waals surface area contributed by atoms with Crippen LogP contribution in [-0.4, -0.2) is 14.5 Å². The lowest BCUT2D eigenvalue weighted by molar-refractivity contribution is -0.384. The highest BCUT2D eigenvalue weighted by atomic mass is 16.6. The molecule has 1 aromatic heterocycles. The Morgan fingerprint density at radius 3 is 3.12 bits per heavy atom. The maximum atomic E-state index is 10.8. The van der Waals surface area contributed by atoms with Gasteiger partial charge in [0.05, 0.1) is 4.92 Å². The van der Waals surface area contributed by atoms with Gasteiger partial charge in [0.2, 0.25) is 0 Å². The van der Waals surface area contributed by atoms with E-state index in [9.17, 15) is 10.1 Å². The summed E-state index contributed by atoms with van der Waals surface area (Å²) in [7, 11) is 0. The third-order valence-electron chi connectivity index (χ3n) is 3.11. The van der Waals surface area contributed by atoms with Crippen molar-refractivity contribution in [2.45, 2.75) is 19.4 Å². The van der Waals surface area contributed by atoms with Crippen molar-refractivity contribution in [3.8, 4) is 11.4 Å². The first-order valence-corrected chi connectivity index (χ1v) is 5.54. The van der Waals surface area contributed by atoms with E-state index in [1.54, 1.807) is 18.3 Å². The number of hydrogen-bond acceptors (Lipinski definition) is 3. The number of aromatic nitrogens is 2. The number of nitro groups is 1. The first kappa shape index (κ1) is 10.0. The maximum absolute atomic E-state index is 10.8. The standard InChI is InChI=1S/C12H11N3O2/c16-15(17)10-4-3-9-2-1-6-14-7-5-13-12(14)11(9)8-10/h3-5,7-8H,1-2,6H2. The van der Waals surface area contributed by atoms with Crippen molar-refractivity contribution in [1.82, 2.24) is 9.55 Å². The van der Waals surface area contributed by atoms with Crippen molar-refractivity contribution in [1.29, 1.82) is 0 Å². The van der Waals surface area contributed by atoms with Gasteiger partial charge in [-0.15, -0.1) is 0 Å². The van der Waals surface area contributed by atoms with E-state index in [1.807, 2.05) is 12.3 Å². The van der Waals surface area contributed by atoms with Crippen LogP contribution in [0.5, 0.6) is 0 Å². The van der Waals surface area contributed by atoms with Gasteiger partial charge in [-0.3, -0.25) is 10.1 Å². The number of benzene rings is 1. The van der Waals surface area contributed by atoms with Gasteiger partial charge in [-0.05, 0) is 18.4 Å². The molecule has 0 bridgehead atoms. The number of hydrogen-bond donors (Lipinski definition) is 0. The molecule has 0 spiro atoms. The molecule has 0 saturated heterocycles. The van der Waals surface area contributed by atoms with Crippen LogP contribution in [0, 0.1) is 10.1 Å². The number of imidazole rings is 1. The highest BCUT2D eigenvalue weighted by Crippen LogP contribution is 2.30. The normalized spacial score (nSPS) is 13.6. The van der Waals surface area contributed by atoms with Crippen molar-refractivity contribution < 1.29 is 4.92 Å². The molecule has 5 heteroatoms. The third-order valence-corrected chi connectivity index (χ3v) is 3.11. The summed E-state index contributed by atoms with van der Waals surface area (Å²) in [6.07, 6.45) is 5.64. The SMILES string of the molecule is O=[N+]([O-])c1ccc2c(c1)-c1nccn1CCC2. The molecule has 17 heavy (non-hydrogen) atoms. The van der Waals surface area contributed by atoms with Crippen LogP contribution < -0.4 is 0 Å². The summed E-state index contributed by atoms with van der Waals surface area (Å²) in [5.74, 6) is 0.834. The van der Waals surface area contributed by atoms with Crippen LogP contribution in [0.4, 0.5) is 5.69 Å². The Bertz CT molecular complexity index is 589. The average molecular weight is 229 g/mol. The molecule has 3 rings (SSSR count). The highest BCUT2D eigenvalue weighted by molar-refractivity contribution is 5.65. The second-order valence-corrected chi connectivity index (χ2v) is 4.15. The lowest BCUT2D eigenvalue weighted by Gasteiger charge is -2.05. The number of nitrogens with zero attached hydrogens (tertiary/aromatic N) is 3. The molecule has 86 valence electrons. The van der Waals surface area contributed by atoms with E-state index >= 15 is 0 Å². The molecule has 2 heterocycles. The molecule has 5 nitrogen and oxygen atoms in total. The Hall–Kier alpha value is -2.17. The van der Waals surface area contributed by atoms with E-state index in [2.05, 4.69) is 9.55 Å². The third kappa shape index (κ3) is 1.60. The van der Waals surface area contributed by atoms with Crippen LogP contribution in [0.15, 0.2) is 30.6 Å². The zero-order valence-electron chi connectivity index (χ0n) is 9.17. The van der Waals surface area contributed by atoms with E-state index in [1.165, 1.54) is 0 Å². The van der Waals surface area contributed by atoms with Gasteiger partial charge in [0.1, 0.15) is 5.82 Å². The first-order chi connectivity index (χ1) is 8.25. The zero-order chi connectivity index (χ0) is 11.8. The van der Waals surface area contributed by atoms with Gasteiger partial charge >= 0.3 is 0 Å². The number of non-ortho nitro benzene ring substituents is 1. The van der Waals surface area contributed by atoms with Crippen LogP contribution in [0.25, 0.3) is 11.4 Å². The molecule has 0 amide bonds. The van der Waals surface area contributed by atoms with Crippen LogP contribution in [0.3, 0.4) is 0 Å². The van der Waals surface area contributed by atoms with Gasteiger partial charge in [-0.2, -0.15) is 0 Å². The fourth-order valence-corrected chi connectivity index (χ4v) is 2.28. The Morgan fingerprint density at radius 2 is 2.29 bits per heavy atom. The number of aryl methyl sites for hydroxylation is 2. The quantitative estimate of drug-likeness (QED) is 0.557. The van der Waals surface area contributed by atoms with Gasteiger partial charge in [-0.1, -0.05) is 6.07 Å². The minimum Gasteiger partial charge on any atom is -0.331 e. The number of fused-ring (bicyclic) bond motifs is 3. The van der Waals surface area contributed by atoms with Crippen molar-refractivity contribution in [3.63, 3.8) is 0 Å². The van der Waals surface area contributed by atoms with Crippen molar-refractivity contribution in [2.75, 3.05) is 0 Å². The fourth-order valence-electron chi connectivity index (χ4n) is 2.28. The summed E-state index contributed by atoms with van der Waals surface area (Å²) in [4.78, 5) is 14.7. The summed E-state index contributed by atoms with van der Waals surface area (Å²) in [6, 6.07) is 5.04. The van der Waals surface area contributed by atoms with E-state index in [4.69, 9.17) is 0 Å². The fraction of sp³-hybridized carbons (Fsp3) is 0.250. The smallest absolute Gasteiger partial charge is 0.270 e. The van der Waals surface area contributed by atoms with Gasteiger partial charge in [0.25, 0.3) is 5.69 Å². The minimum atomic E-state index is -0.363. The molecule has 0 unspecified atom stereocenters. The molecule has 0 N–H and O–H groups in total. The van der Waals surface area contributed by atoms with Crippen LogP contribution in [-0.2, 0) is 13.0 Å².